The number of rotatable bonds is 3. The van der Waals surface area contributed by atoms with Crippen LogP contribution in [-0.2, 0) is 16.0 Å². The van der Waals surface area contributed by atoms with Crippen molar-refractivity contribution in [2.45, 2.75) is 13.3 Å². The van der Waals surface area contributed by atoms with Gasteiger partial charge in [-0.1, -0.05) is 19.1 Å². The molecule has 3 heteroatoms. The number of hydrogen-bond acceptors (Lipinski definition) is 3. The number of hydrogen-bond donors (Lipinski definition) is 1. The van der Waals surface area contributed by atoms with E-state index in [1.165, 1.54) is 7.11 Å². The minimum atomic E-state index is -0.179. The van der Waals surface area contributed by atoms with E-state index in [9.17, 15) is 4.79 Å². The Morgan fingerprint density at radius 2 is 2.00 bits per heavy atom. The molecule has 1 atom stereocenters. The van der Waals surface area contributed by atoms with E-state index in [-0.39, 0.29) is 11.9 Å². The largest absolute Gasteiger partial charge is 0.469 e. The van der Waals surface area contributed by atoms with Crippen LogP contribution < -0.4 is 5.73 Å². The molecule has 0 aromatic heterocycles. The Balaban J connectivity index is 2.60. The van der Waals surface area contributed by atoms with Crippen LogP contribution in [0.4, 0.5) is 5.69 Å². The van der Waals surface area contributed by atoms with Crippen LogP contribution in [0.5, 0.6) is 0 Å². The first-order valence-corrected chi connectivity index (χ1v) is 4.55. The lowest BCUT2D eigenvalue weighted by Crippen LogP contribution is -2.15. The van der Waals surface area contributed by atoms with Gasteiger partial charge in [0, 0.05) is 5.69 Å². The lowest BCUT2D eigenvalue weighted by atomic mass is 10.0. The first kappa shape index (κ1) is 10.6. The van der Waals surface area contributed by atoms with Gasteiger partial charge < -0.3 is 10.5 Å². The van der Waals surface area contributed by atoms with Crippen molar-refractivity contribution < 1.29 is 9.53 Å². The molecule has 1 rings (SSSR count). The number of carbonyl (C=O) groups is 1. The third-order valence-electron chi connectivity index (χ3n) is 2.13. The molecule has 0 heterocycles. The molecule has 0 fully saturated rings. The van der Waals surface area contributed by atoms with Crippen molar-refractivity contribution in [2.24, 2.45) is 5.92 Å². The van der Waals surface area contributed by atoms with E-state index >= 15 is 0 Å². The van der Waals surface area contributed by atoms with Crippen molar-refractivity contribution >= 4 is 11.7 Å². The number of methoxy groups -OCH3 is 1. The molecule has 0 radical (unpaired) electrons. The summed E-state index contributed by atoms with van der Waals surface area (Å²) in [5.74, 6) is -0.287. The average Bonchev–Trinajstić information content (AvgIpc) is 2.20. The molecule has 0 bridgehead atoms. The van der Waals surface area contributed by atoms with Crippen LogP contribution in [0.15, 0.2) is 24.3 Å². The van der Waals surface area contributed by atoms with Gasteiger partial charge >= 0.3 is 5.97 Å². The third kappa shape index (κ3) is 2.76. The summed E-state index contributed by atoms with van der Waals surface area (Å²) in [6, 6.07) is 7.52. The first-order valence-electron chi connectivity index (χ1n) is 4.55. The second-order valence-electron chi connectivity index (χ2n) is 3.37. The maximum atomic E-state index is 11.1. The molecule has 0 spiro atoms. The highest BCUT2D eigenvalue weighted by molar-refractivity contribution is 5.72. The number of nitrogen functional groups attached to an aromatic ring is 1. The summed E-state index contributed by atoms with van der Waals surface area (Å²) in [6.07, 6.45) is 0.687. The van der Waals surface area contributed by atoms with Crippen LogP contribution in [0.2, 0.25) is 0 Å². The minimum Gasteiger partial charge on any atom is -0.469 e. The summed E-state index contributed by atoms with van der Waals surface area (Å²) in [6.45, 7) is 1.85. The molecule has 0 saturated carbocycles. The zero-order valence-corrected chi connectivity index (χ0v) is 8.49. The van der Waals surface area contributed by atoms with Gasteiger partial charge in [-0.05, 0) is 24.1 Å². The van der Waals surface area contributed by atoms with Crippen LogP contribution in [0.1, 0.15) is 12.5 Å². The zero-order valence-electron chi connectivity index (χ0n) is 8.49. The Morgan fingerprint density at radius 3 is 2.50 bits per heavy atom. The van der Waals surface area contributed by atoms with Gasteiger partial charge in [-0.2, -0.15) is 0 Å². The van der Waals surface area contributed by atoms with E-state index in [4.69, 9.17) is 5.73 Å². The van der Waals surface area contributed by atoms with Gasteiger partial charge in [0.15, 0.2) is 0 Å². The molecule has 0 unspecified atom stereocenters. The summed E-state index contributed by atoms with van der Waals surface area (Å²) in [7, 11) is 1.40. The number of anilines is 1. The topological polar surface area (TPSA) is 52.3 Å². The average molecular weight is 193 g/mol. The monoisotopic (exact) mass is 193 g/mol. The first-order chi connectivity index (χ1) is 6.63. The standard InChI is InChI=1S/C11H15NO2/c1-8(11(13)14-2)7-9-3-5-10(12)6-4-9/h3-6,8H,7,12H2,1-2H3/t8-/m1/s1. The van der Waals surface area contributed by atoms with Gasteiger partial charge in [-0.25, -0.2) is 0 Å². The zero-order chi connectivity index (χ0) is 10.6. The Hall–Kier alpha value is -1.51. The normalized spacial score (nSPS) is 12.1. The molecule has 0 saturated heterocycles. The Kier molecular flexibility index (Phi) is 3.51. The highest BCUT2D eigenvalue weighted by Crippen LogP contribution is 2.11. The number of carbonyl (C=O) groups excluding carboxylic acids is 1. The molecule has 0 aliphatic heterocycles. The van der Waals surface area contributed by atoms with E-state index in [2.05, 4.69) is 4.74 Å². The van der Waals surface area contributed by atoms with E-state index in [0.717, 1.165) is 11.3 Å². The predicted octanol–water partition coefficient (Wildman–Crippen LogP) is 1.62. The second-order valence-corrected chi connectivity index (χ2v) is 3.37. The molecule has 0 aliphatic rings. The molecule has 0 amide bonds. The van der Waals surface area contributed by atoms with Gasteiger partial charge in [0.05, 0.1) is 13.0 Å². The van der Waals surface area contributed by atoms with Crippen molar-refractivity contribution in [1.82, 2.24) is 0 Å². The maximum absolute atomic E-state index is 11.1. The summed E-state index contributed by atoms with van der Waals surface area (Å²) in [5.41, 5.74) is 7.38. The van der Waals surface area contributed by atoms with Gasteiger partial charge in [0.25, 0.3) is 0 Å². The van der Waals surface area contributed by atoms with Crippen molar-refractivity contribution in [3.63, 3.8) is 0 Å². The van der Waals surface area contributed by atoms with Crippen LogP contribution in [0.3, 0.4) is 0 Å². The van der Waals surface area contributed by atoms with Gasteiger partial charge in [-0.3, -0.25) is 4.79 Å². The van der Waals surface area contributed by atoms with E-state index in [1.54, 1.807) is 0 Å². The summed E-state index contributed by atoms with van der Waals surface area (Å²) >= 11 is 0. The van der Waals surface area contributed by atoms with E-state index in [0.29, 0.717) is 6.42 Å². The van der Waals surface area contributed by atoms with Gasteiger partial charge in [0.2, 0.25) is 0 Å². The molecule has 14 heavy (non-hydrogen) atoms. The molecule has 3 nitrogen and oxygen atoms in total. The van der Waals surface area contributed by atoms with Gasteiger partial charge in [0.1, 0.15) is 0 Å². The molecule has 2 N–H and O–H groups in total. The lowest BCUT2D eigenvalue weighted by molar-refractivity contribution is -0.144. The van der Waals surface area contributed by atoms with Crippen molar-refractivity contribution in [3.8, 4) is 0 Å². The summed E-state index contributed by atoms with van der Waals surface area (Å²) in [4.78, 5) is 11.1. The fraction of sp³-hybridized carbons (Fsp3) is 0.364. The number of esters is 1. The number of benzene rings is 1. The van der Waals surface area contributed by atoms with Crippen LogP contribution in [-0.4, -0.2) is 13.1 Å². The lowest BCUT2D eigenvalue weighted by Gasteiger charge is -2.08. The molecule has 76 valence electrons. The van der Waals surface area contributed by atoms with Crippen LogP contribution in [0.25, 0.3) is 0 Å². The van der Waals surface area contributed by atoms with E-state index < -0.39 is 0 Å². The Bertz CT molecular complexity index is 306. The summed E-state index contributed by atoms with van der Waals surface area (Å²) < 4.78 is 4.64. The van der Waals surface area contributed by atoms with Crippen molar-refractivity contribution in [1.29, 1.82) is 0 Å². The highest BCUT2D eigenvalue weighted by Gasteiger charge is 2.13. The third-order valence-corrected chi connectivity index (χ3v) is 2.13. The van der Waals surface area contributed by atoms with Gasteiger partial charge in [-0.15, -0.1) is 0 Å². The minimum absolute atomic E-state index is 0.108. The molecular formula is C11H15NO2. The number of ether oxygens (including phenoxy) is 1. The quantitative estimate of drug-likeness (QED) is 0.586. The molecule has 1 aromatic rings. The smallest absolute Gasteiger partial charge is 0.308 e. The fourth-order valence-corrected chi connectivity index (χ4v) is 1.29. The second kappa shape index (κ2) is 4.65. The summed E-state index contributed by atoms with van der Waals surface area (Å²) in [5, 5.41) is 0. The molecular weight excluding hydrogens is 178 g/mol. The Morgan fingerprint density at radius 1 is 1.43 bits per heavy atom. The Labute approximate surface area is 83.9 Å². The highest BCUT2D eigenvalue weighted by atomic mass is 16.5. The van der Waals surface area contributed by atoms with Crippen molar-refractivity contribution in [3.05, 3.63) is 29.8 Å². The predicted molar refractivity (Wildman–Crippen MR) is 55.7 cm³/mol. The fourth-order valence-electron chi connectivity index (χ4n) is 1.29. The molecule has 0 aliphatic carbocycles. The van der Waals surface area contributed by atoms with E-state index in [1.807, 2.05) is 31.2 Å². The van der Waals surface area contributed by atoms with Crippen LogP contribution >= 0.6 is 0 Å². The van der Waals surface area contributed by atoms with Crippen LogP contribution in [0, 0.1) is 5.92 Å². The number of nitrogens with two attached hydrogens (primary N) is 1. The van der Waals surface area contributed by atoms with Crippen molar-refractivity contribution in [2.75, 3.05) is 12.8 Å². The SMILES string of the molecule is COC(=O)[C@H](C)Cc1ccc(N)cc1. The molecule has 1 aromatic carbocycles. The maximum Gasteiger partial charge on any atom is 0.308 e.